The van der Waals surface area contributed by atoms with E-state index in [-0.39, 0.29) is 17.6 Å². The summed E-state index contributed by atoms with van der Waals surface area (Å²) in [7, 11) is 1.95. The van der Waals surface area contributed by atoms with Crippen LogP contribution in [-0.2, 0) is 15.1 Å². The highest BCUT2D eigenvalue weighted by Gasteiger charge is 2.63. The maximum atomic E-state index is 13.6. The number of carbonyl (C=O) groups is 2. The lowest BCUT2D eigenvalue weighted by Crippen LogP contribution is -2.51. The van der Waals surface area contributed by atoms with E-state index in [9.17, 15) is 9.59 Å². The molecule has 1 amide bonds. The summed E-state index contributed by atoms with van der Waals surface area (Å²) < 4.78 is 0.896. The number of halogens is 1. The number of allylic oxidation sites excluding steroid dienone is 2. The lowest BCUT2D eigenvalue weighted by molar-refractivity contribution is -0.133. The maximum Gasteiger partial charge on any atom is 0.250 e. The molecule has 1 N–H and O–H groups in total. The Morgan fingerprint density at radius 3 is 2.55 bits per heavy atom. The van der Waals surface area contributed by atoms with E-state index < -0.39 is 11.5 Å². The summed E-state index contributed by atoms with van der Waals surface area (Å²) in [6, 6.07) is 14.1. The number of benzene rings is 2. The number of hydrogen-bond acceptors (Lipinski definition) is 3. The number of aryl methyl sites for hydroxylation is 1. The molecule has 1 fully saturated rings. The monoisotopic (exact) mass is 452 g/mol. The van der Waals surface area contributed by atoms with Gasteiger partial charge in [-0.05, 0) is 57.7 Å². The summed E-state index contributed by atoms with van der Waals surface area (Å²) in [5.41, 5.74) is 3.85. The van der Waals surface area contributed by atoms with Crippen molar-refractivity contribution >= 4 is 33.3 Å². The minimum atomic E-state index is -1.02. The summed E-state index contributed by atoms with van der Waals surface area (Å²) in [4.78, 5) is 29.1. The van der Waals surface area contributed by atoms with Crippen LogP contribution in [0.5, 0.6) is 0 Å². The van der Waals surface area contributed by atoms with Crippen molar-refractivity contribution in [1.29, 1.82) is 0 Å². The van der Waals surface area contributed by atoms with Crippen molar-refractivity contribution < 1.29 is 9.59 Å². The van der Waals surface area contributed by atoms with E-state index in [0.29, 0.717) is 6.54 Å². The van der Waals surface area contributed by atoms with Gasteiger partial charge in [-0.15, -0.1) is 0 Å². The number of ketones is 1. The molecule has 0 aliphatic carbocycles. The molecule has 0 bridgehead atoms. The maximum absolute atomic E-state index is 13.6. The summed E-state index contributed by atoms with van der Waals surface area (Å²) in [6.45, 7) is 6.53. The molecule has 1 saturated heterocycles. The number of likely N-dealkylation sites (N-methyl/N-ethyl adjacent to an activating group) is 1. The van der Waals surface area contributed by atoms with Crippen LogP contribution in [0.25, 0.3) is 0 Å². The fraction of sp³-hybridized carbons (Fsp3) is 0.333. The summed E-state index contributed by atoms with van der Waals surface area (Å²) in [5, 5.41) is 3.03. The van der Waals surface area contributed by atoms with Crippen molar-refractivity contribution in [1.82, 2.24) is 4.90 Å². The lowest BCUT2D eigenvalue weighted by Gasteiger charge is -2.35. The van der Waals surface area contributed by atoms with E-state index in [0.717, 1.165) is 26.9 Å². The van der Waals surface area contributed by atoms with E-state index >= 15 is 0 Å². The van der Waals surface area contributed by atoms with E-state index in [1.54, 1.807) is 6.08 Å². The number of fused-ring (bicyclic) bond motifs is 2. The average molecular weight is 453 g/mol. The summed E-state index contributed by atoms with van der Waals surface area (Å²) in [6.07, 6.45) is 1.69. The highest BCUT2D eigenvalue weighted by molar-refractivity contribution is 9.10. The number of nitrogens with one attached hydrogen (secondary N) is 1. The van der Waals surface area contributed by atoms with Crippen molar-refractivity contribution in [3.05, 3.63) is 75.3 Å². The molecule has 2 heterocycles. The molecule has 2 aromatic carbocycles. The fourth-order valence-electron chi connectivity index (χ4n) is 4.93. The van der Waals surface area contributed by atoms with Crippen molar-refractivity contribution in [2.75, 3.05) is 18.9 Å². The minimum absolute atomic E-state index is 0.00269. The van der Waals surface area contributed by atoms with Crippen LogP contribution in [-0.4, -0.2) is 30.2 Å². The molecule has 3 atom stereocenters. The Morgan fingerprint density at radius 1 is 1.21 bits per heavy atom. The molecular weight excluding hydrogens is 428 g/mol. The molecule has 2 aromatic rings. The molecule has 0 unspecified atom stereocenters. The predicted octanol–water partition coefficient (Wildman–Crippen LogP) is 4.79. The smallest absolute Gasteiger partial charge is 0.250 e. The quantitative estimate of drug-likeness (QED) is 0.681. The van der Waals surface area contributed by atoms with Crippen molar-refractivity contribution in [2.45, 2.75) is 32.2 Å². The SMILES string of the molecule is CC(C)=CC(=O)[C@@H]1[C@@H](c2ccc(C)cc2)CN(C)[C@@]12C(=O)Nc1ccc(Br)cc12. The first-order valence-corrected chi connectivity index (χ1v) is 10.6. The van der Waals surface area contributed by atoms with Gasteiger partial charge in [-0.2, -0.15) is 0 Å². The van der Waals surface area contributed by atoms with Crippen LogP contribution in [0.1, 0.15) is 36.5 Å². The summed E-state index contributed by atoms with van der Waals surface area (Å²) in [5.74, 6) is -0.689. The zero-order valence-corrected chi connectivity index (χ0v) is 18.7. The zero-order valence-electron chi connectivity index (χ0n) is 17.1. The second kappa shape index (κ2) is 7.22. The largest absolute Gasteiger partial charge is 0.324 e. The average Bonchev–Trinajstić information content (AvgIpc) is 3.11. The molecule has 0 radical (unpaired) electrons. The van der Waals surface area contributed by atoms with Gasteiger partial charge in [0.05, 0.1) is 5.92 Å². The molecular formula is C24H25BrN2O2. The van der Waals surface area contributed by atoms with Gasteiger partial charge in [-0.25, -0.2) is 0 Å². The number of nitrogens with zero attached hydrogens (tertiary/aromatic N) is 1. The zero-order chi connectivity index (χ0) is 20.9. The lowest BCUT2D eigenvalue weighted by atomic mass is 9.71. The molecule has 5 heteroatoms. The first-order chi connectivity index (χ1) is 13.7. The highest BCUT2D eigenvalue weighted by atomic mass is 79.9. The Kier molecular flexibility index (Phi) is 4.99. The number of hydrogen-bond donors (Lipinski definition) is 1. The molecule has 2 aliphatic heterocycles. The van der Waals surface area contributed by atoms with Gasteiger partial charge >= 0.3 is 0 Å². The Bertz CT molecular complexity index is 1020. The topological polar surface area (TPSA) is 49.4 Å². The third-order valence-electron chi connectivity index (χ3n) is 6.15. The number of anilines is 1. The Labute approximate surface area is 180 Å². The molecule has 150 valence electrons. The third-order valence-corrected chi connectivity index (χ3v) is 6.65. The van der Waals surface area contributed by atoms with Gasteiger partial charge in [0.15, 0.2) is 5.78 Å². The van der Waals surface area contributed by atoms with Gasteiger partial charge in [-0.1, -0.05) is 51.3 Å². The van der Waals surface area contributed by atoms with Crippen LogP contribution in [0.2, 0.25) is 0 Å². The first kappa shape index (κ1) is 20.0. The molecule has 29 heavy (non-hydrogen) atoms. The van der Waals surface area contributed by atoms with Gasteiger partial charge in [0.25, 0.3) is 0 Å². The van der Waals surface area contributed by atoms with Crippen molar-refractivity contribution in [3.63, 3.8) is 0 Å². The number of amides is 1. The van der Waals surface area contributed by atoms with Crippen LogP contribution in [0, 0.1) is 12.8 Å². The molecule has 0 aromatic heterocycles. The third kappa shape index (κ3) is 3.08. The van der Waals surface area contributed by atoms with Crippen LogP contribution in [0.3, 0.4) is 0 Å². The van der Waals surface area contributed by atoms with Crippen LogP contribution in [0.15, 0.2) is 58.6 Å². The molecule has 0 saturated carbocycles. The second-order valence-electron chi connectivity index (χ2n) is 8.41. The molecule has 2 aliphatic rings. The normalized spacial score (nSPS) is 25.8. The number of likely N-dealkylation sites (tertiary alicyclic amines) is 1. The number of rotatable bonds is 3. The predicted molar refractivity (Wildman–Crippen MR) is 119 cm³/mol. The Balaban J connectivity index is 1.94. The number of carbonyl (C=O) groups excluding carboxylic acids is 2. The van der Waals surface area contributed by atoms with Crippen molar-refractivity contribution in [3.8, 4) is 0 Å². The minimum Gasteiger partial charge on any atom is -0.324 e. The summed E-state index contributed by atoms with van der Waals surface area (Å²) >= 11 is 3.55. The highest BCUT2D eigenvalue weighted by Crippen LogP contribution is 2.55. The van der Waals surface area contributed by atoms with Crippen molar-refractivity contribution in [2.24, 2.45) is 5.92 Å². The van der Waals surface area contributed by atoms with E-state index in [1.807, 2.05) is 39.1 Å². The van der Waals surface area contributed by atoms with Crippen LogP contribution < -0.4 is 5.32 Å². The van der Waals surface area contributed by atoms with Gasteiger partial charge in [0, 0.05) is 28.2 Å². The van der Waals surface area contributed by atoms with Gasteiger partial charge in [0.2, 0.25) is 5.91 Å². The van der Waals surface area contributed by atoms with Gasteiger partial charge < -0.3 is 5.32 Å². The molecule has 4 nitrogen and oxygen atoms in total. The van der Waals surface area contributed by atoms with Crippen LogP contribution >= 0.6 is 15.9 Å². The second-order valence-corrected chi connectivity index (χ2v) is 9.33. The fourth-order valence-corrected chi connectivity index (χ4v) is 5.29. The standard InChI is InChI=1S/C24H25BrN2O2/c1-14(2)11-21(28)22-18(16-7-5-15(3)6-8-16)13-27(4)24(22)19-12-17(25)9-10-20(19)26-23(24)29/h5-12,18,22H,13H2,1-4H3,(H,26,29)/t18-,22+,24-/m1/s1. The van der Waals surface area contributed by atoms with E-state index in [4.69, 9.17) is 0 Å². The Hall–Kier alpha value is -2.24. The molecule has 1 spiro atoms. The van der Waals surface area contributed by atoms with Gasteiger partial charge in [-0.3, -0.25) is 14.5 Å². The van der Waals surface area contributed by atoms with Gasteiger partial charge in [0.1, 0.15) is 5.54 Å². The Morgan fingerprint density at radius 2 is 1.90 bits per heavy atom. The first-order valence-electron chi connectivity index (χ1n) is 9.83. The van der Waals surface area contributed by atoms with E-state index in [1.165, 1.54) is 5.56 Å². The van der Waals surface area contributed by atoms with Crippen LogP contribution in [0.4, 0.5) is 5.69 Å². The van der Waals surface area contributed by atoms with E-state index in [2.05, 4.69) is 57.3 Å². The molecule has 4 rings (SSSR count).